The standard InChI is InChI=1S/C26H32N4O2/c1-17-16-27-14-13-21(17)30-23-12-11-22-20(10-9-18(2)29(22)26(31)32-3)25(23)28-24(30)15-19-7-5-4-6-8-19/h4-8,11-12,17-18,21,27H,9-10,13-16H2,1-3H3/t17-,18+,21?/m0/s1. The molecule has 1 aromatic heterocycles. The number of piperidine rings is 1. The lowest BCUT2D eigenvalue weighted by atomic mass is 9.93. The Morgan fingerprint density at radius 2 is 1.97 bits per heavy atom. The van der Waals surface area contributed by atoms with Gasteiger partial charge in [-0.1, -0.05) is 37.3 Å². The second-order valence-corrected chi connectivity index (χ2v) is 9.26. The molecule has 1 saturated heterocycles. The first kappa shape index (κ1) is 21.0. The predicted molar refractivity (Wildman–Crippen MR) is 127 cm³/mol. The van der Waals surface area contributed by atoms with Gasteiger partial charge in [-0.3, -0.25) is 4.90 Å². The van der Waals surface area contributed by atoms with E-state index in [2.05, 4.69) is 66.2 Å². The number of fused-ring (bicyclic) bond motifs is 3. The van der Waals surface area contributed by atoms with Crippen LogP contribution in [0.25, 0.3) is 11.0 Å². The number of nitrogens with zero attached hydrogens (tertiary/aromatic N) is 3. The van der Waals surface area contributed by atoms with E-state index in [1.165, 1.54) is 23.8 Å². The number of hydrogen-bond acceptors (Lipinski definition) is 4. The van der Waals surface area contributed by atoms with Crippen molar-refractivity contribution in [2.24, 2.45) is 5.92 Å². The molecule has 3 atom stereocenters. The zero-order valence-electron chi connectivity index (χ0n) is 19.2. The first-order valence-electron chi connectivity index (χ1n) is 11.7. The second-order valence-electron chi connectivity index (χ2n) is 9.26. The Balaban J connectivity index is 1.68. The van der Waals surface area contributed by atoms with Gasteiger partial charge in [0.1, 0.15) is 5.82 Å². The summed E-state index contributed by atoms with van der Waals surface area (Å²) in [7, 11) is 1.45. The lowest BCUT2D eigenvalue weighted by molar-refractivity contribution is 0.175. The summed E-state index contributed by atoms with van der Waals surface area (Å²) in [6.07, 6.45) is 3.43. The molecule has 1 unspecified atom stereocenters. The number of anilines is 1. The van der Waals surface area contributed by atoms with Crippen molar-refractivity contribution >= 4 is 22.8 Å². The highest BCUT2D eigenvalue weighted by atomic mass is 16.5. The third kappa shape index (κ3) is 3.56. The van der Waals surface area contributed by atoms with E-state index in [0.717, 1.165) is 55.8 Å². The van der Waals surface area contributed by atoms with Crippen LogP contribution >= 0.6 is 0 Å². The molecule has 32 heavy (non-hydrogen) atoms. The summed E-state index contributed by atoms with van der Waals surface area (Å²) in [4.78, 5) is 19.6. The summed E-state index contributed by atoms with van der Waals surface area (Å²) in [5, 5.41) is 3.53. The largest absolute Gasteiger partial charge is 0.452 e. The summed E-state index contributed by atoms with van der Waals surface area (Å²) >= 11 is 0. The number of aryl methyl sites for hydroxylation is 1. The lowest BCUT2D eigenvalue weighted by Gasteiger charge is -2.34. The van der Waals surface area contributed by atoms with E-state index in [4.69, 9.17) is 9.72 Å². The van der Waals surface area contributed by atoms with E-state index in [1.54, 1.807) is 4.90 Å². The van der Waals surface area contributed by atoms with Gasteiger partial charge < -0.3 is 14.6 Å². The van der Waals surface area contributed by atoms with Crippen LogP contribution in [0.4, 0.5) is 10.5 Å². The molecule has 3 aromatic rings. The third-order valence-electron chi connectivity index (χ3n) is 7.18. The Labute approximate surface area is 189 Å². The number of aromatic nitrogens is 2. The number of methoxy groups -OCH3 is 1. The lowest BCUT2D eigenvalue weighted by Crippen LogP contribution is -2.42. The van der Waals surface area contributed by atoms with E-state index >= 15 is 0 Å². The summed E-state index contributed by atoms with van der Waals surface area (Å²) in [5.74, 6) is 1.64. The molecule has 0 spiro atoms. The van der Waals surface area contributed by atoms with Crippen LogP contribution in [0, 0.1) is 5.92 Å². The molecule has 1 fully saturated rings. The van der Waals surface area contributed by atoms with Crippen molar-refractivity contribution in [3.8, 4) is 0 Å². The summed E-state index contributed by atoms with van der Waals surface area (Å²) in [6.45, 7) is 6.46. The van der Waals surface area contributed by atoms with E-state index in [0.29, 0.717) is 12.0 Å². The summed E-state index contributed by atoms with van der Waals surface area (Å²) in [6, 6.07) is 15.4. The Morgan fingerprint density at radius 3 is 2.72 bits per heavy atom. The highest BCUT2D eigenvalue weighted by Crippen LogP contribution is 2.39. The SMILES string of the molecule is COC(=O)N1c2ccc3c(nc(Cc4ccccc4)n3C3CCNC[C@@H]3C)c2CC[C@H]1C. The van der Waals surface area contributed by atoms with Gasteiger partial charge in [-0.2, -0.15) is 0 Å². The highest BCUT2D eigenvalue weighted by Gasteiger charge is 2.33. The number of amides is 1. The summed E-state index contributed by atoms with van der Waals surface area (Å²) in [5.41, 5.74) is 5.61. The van der Waals surface area contributed by atoms with Gasteiger partial charge in [0.05, 0.1) is 23.8 Å². The fraction of sp³-hybridized carbons (Fsp3) is 0.462. The monoisotopic (exact) mass is 432 g/mol. The zero-order chi connectivity index (χ0) is 22.2. The van der Waals surface area contributed by atoms with Gasteiger partial charge in [-0.25, -0.2) is 9.78 Å². The maximum absolute atomic E-state index is 12.6. The Morgan fingerprint density at radius 1 is 1.16 bits per heavy atom. The van der Waals surface area contributed by atoms with Crippen molar-refractivity contribution in [2.75, 3.05) is 25.1 Å². The highest BCUT2D eigenvalue weighted by molar-refractivity contribution is 5.95. The van der Waals surface area contributed by atoms with Crippen LogP contribution in [0.3, 0.4) is 0 Å². The van der Waals surface area contributed by atoms with Crippen molar-refractivity contribution < 1.29 is 9.53 Å². The first-order chi connectivity index (χ1) is 15.6. The van der Waals surface area contributed by atoms with Crippen LogP contribution < -0.4 is 10.2 Å². The second kappa shape index (κ2) is 8.58. The molecule has 2 aliphatic rings. The number of imidazole rings is 1. The van der Waals surface area contributed by atoms with Gasteiger partial charge in [0.25, 0.3) is 0 Å². The van der Waals surface area contributed by atoms with Crippen LogP contribution in [0.15, 0.2) is 42.5 Å². The number of ether oxygens (including phenoxy) is 1. The number of carbonyl (C=O) groups excluding carboxylic acids is 1. The van der Waals surface area contributed by atoms with Crippen molar-refractivity contribution in [3.05, 3.63) is 59.4 Å². The van der Waals surface area contributed by atoms with Gasteiger partial charge in [0, 0.05) is 24.1 Å². The molecular formula is C26H32N4O2. The van der Waals surface area contributed by atoms with Crippen molar-refractivity contribution in [2.45, 2.75) is 51.6 Å². The van der Waals surface area contributed by atoms with Gasteiger partial charge >= 0.3 is 6.09 Å². The molecule has 1 amide bonds. The number of rotatable bonds is 3. The van der Waals surface area contributed by atoms with E-state index in [9.17, 15) is 4.79 Å². The third-order valence-corrected chi connectivity index (χ3v) is 7.18. The molecule has 6 heteroatoms. The van der Waals surface area contributed by atoms with Crippen molar-refractivity contribution in [1.82, 2.24) is 14.9 Å². The van der Waals surface area contributed by atoms with Crippen LogP contribution in [-0.4, -0.2) is 41.9 Å². The van der Waals surface area contributed by atoms with Crippen LogP contribution in [0.1, 0.15) is 49.7 Å². The molecule has 1 N–H and O–H groups in total. The van der Waals surface area contributed by atoms with E-state index < -0.39 is 0 Å². The minimum Gasteiger partial charge on any atom is -0.452 e. The fourth-order valence-electron chi connectivity index (χ4n) is 5.48. The predicted octanol–water partition coefficient (Wildman–Crippen LogP) is 4.71. The molecule has 2 aromatic carbocycles. The minimum atomic E-state index is -0.297. The molecule has 0 aliphatic carbocycles. The molecule has 5 rings (SSSR count). The van der Waals surface area contributed by atoms with Gasteiger partial charge in [0.2, 0.25) is 0 Å². The fourth-order valence-corrected chi connectivity index (χ4v) is 5.48. The minimum absolute atomic E-state index is 0.114. The van der Waals surface area contributed by atoms with Crippen LogP contribution in [0.2, 0.25) is 0 Å². The maximum atomic E-state index is 12.6. The Hall–Kier alpha value is -2.86. The smallest absolute Gasteiger partial charge is 0.414 e. The Bertz CT molecular complexity index is 1120. The number of carbonyl (C=O) groups is 1. The van der Waals surface area contributed by atoms with Crippen molar-refractivity contribution in [3.63, 3.8) is 0 Å². The molecule has 168 valence electrons. The van der Waals surface area contributed by atoms with Crippen LogP contribution in [-0.2, 0) is 17.6 Å². The number of nitrogens with one attached hydrogen (secondary N) is 1. The molecule has 0 radical (unpaired) electrons. The molecule has 6 nitrogen and oxygen atoms in total. The summed E-state index contributed by atoms with van der Waals surface area (Å²) < 4.78 is 7.60. The molecule has 3 heterocycles. The van der Waals surface area contributed by atoms with E-state index in [-0.39, 0.29) is 12.1 Å². The number of hydrogen-bond donors (Lipinski definition) is 1. The number of benzene rings is 2. The van der Waals surface area contributed by atoms with Gasteiger partial charge in [-0.05, 0) is 62.9 Å². The quantitative estimate of drug-likeness (QED) is 0.651. The normalized spacial score (nSPS) is 23.2. The molecule has 0 saturated carbocycles. The average molecular weight is 433 g/mol. The maximum Gasteiger partial charge on any atom is 0.414 e. The van der Waals surface area contributed by atoms with E-state index in [1.807, 2.05) is 0 Å². The van der Waals surface area contributed by atoms with Crippen molar-refractivity contribution in [1.29, 1.82) is 0 Å². The Kier molecular flexibility index (Phi) is 5.64. The first-order valence-corrected chi connectivity index (χ1v) is 11.7. The van der Waals surface area contributed by atoms with Gasteiger partial charge in [0.15, 0.2) is 0 Å². The average Bonchev–Trinajstić information content (AvgIpc) is 3.17. The topological polar surface area (TPSA) is 59.4 Å². The van der Waals surface area contributed by atoms with Gasteiger partial charge in [-0.15, -0.1) is 0 Å². The molecular weight excluding hydrogens is 400 g/mol. The zero-order valence-corrected chi connectivity index (χ0v) is 19.2. The molecule has 0 bridgehead atoms. The van der Waals surface area contributed by atoms with Crippen LogP contribution in [0.5, 0.6) is 0 Å². The molecule has 2 aliphatic heterocycles.